The molecule has 0 bridgehead atoms. The van der Waals surface area contributed by atoms with Crippen LogP contribution in [0.5, 0.6) is 0 Å². The molecule has 0 unspecified atom stereocenters. The van der Waals surface area contributed by atoms with Crippen molar-refractivity contribution in [3.05, 3.63) is 90.5 Å². The van der Waals surface area contributed by atoms with Crippen molar-refractivity contribution in [1.29, 1.82) is 0 Å². The Morgan fingerprint density at radius 1 is 1.06 bits per heavy atom. The summed E-state index contributed by atoms with van der Waals surface area (Å²) in [4.78, 5) is 24.8. The Hall–Kier alpha value is -3.51. The Morgan fingerprint density at radius 3 is 2.75 bits per heavy atom. The number of nitrogens with zero attached hydrogens (tertiary/aromatic N) is 4. The van der Waals surface area contributed by atoms with E-state index in [4.69, 9.17) is 4.98 Å². The van der Waals surface area contributed by atoms with Gasteiger partial charge >= 0.3 is 0 Å². The quantitative estimate of drug-likeness (QED) is 0.314. The van der Waals surface area contributed by atoms with E-state index in [-0.39, 0.29) is 5.91 Å². The molecule has 2 heterocycles. The minimum atomic E-state index is -0.00969. The Labute approximate surface area is 191 Å². The molecule has 3 aromatic carbocycles. The molecule has 32 heavy (non-hydrogen) atoms. The fourth-order valence-corrected chi connectivity index (χ4v) is 5.10. The SMILES string of the molecule is CCc1cccc2sc(N(CCCn3ccnc3)C(=O)c3cccc4ccccc34)nc12. The van der Waals surface area contributed by atoms with Crippen LogP contribution in [0.3, 0.4) is 0 Å². The van der Waals surface area contributed by atoms with E-state index < -0.39 is 0 Å². The van der Waals surface area contributed by atoms with Crippen LogP contribution < -0.4 is 4.90 Å². The van der Waals surface area contributed by atoms with Crippen LogP contribution in [0.1, 0.15) is 29.3 Å². The van der Waals surface area contributed by atoms with Gasteiger partial charge in [0.2, 0.25) is 0 Å². The molecule has 5 aromatic rings. The fraction of sp³-hybridized carbons (Fsp3) is 0.192. The van der Waals surface area contributed by atoms with Crippen LogP contribution in [0.2, 0.25) is 0 Å². The molecule has 6 heteroatoms. The van der Waals surface area contributed by atoms with Gasteiger partial charge in [0.1, 0.15) is 0 Å². The monoisotopic (exact) mass is 440 g/mol. The number of carbonyl (C=O) groups excluding carboxylic acids is 1. The van der Waals surface area contributed by atoms with Gasteiger partial charge in [-0.25, -0.2) is 9.97 Å². The van der Waals surface area contributed by atoms with Crippen LogP contribution in [-0.2, 0) is 13.0 Å². The van der Waals surface area contributed by atoms with E-state index in [0.717, 1.165) is 45.5 Å². The zero-order valence-electron chi connectivity index (χ0n) is 17.9. The van der Waals surface area contributed by atoms with E-state index >= 15 is 0 Å². The van der Waals surface area contributed by atoms with E-state index in [2.05, 4.69) is 30.1 Å². The van der Waals surface area contributed by atoms with Crippen molar-refractivity contribution < 1.29 is 4.79 Å². The second kappa shape index (κ2) is 8.93. The summed E-state index contributed by atoms with van der Waals surface area (Å²) >= 11 is 1.59. The smallest absolute Gasteiger partial charge is 0.260 e. The summed E-state index contributed by atoms with van der Waals surface area (Å²) in [6, 6.07) is 20.2. The molecule has 0 saturated heterocycles. The lowest BCUT2D eigenvalue weighted by atomic mass is 10.0. The number of rotatable bonds is 7. The van der Waals surface area contributed by atoms with Crippen LogP contribution in [0.25, 0.3) is 21.0 Å². The fourth-order valence-electron chi connectivity index (χ4n) is 4.07. The van der Waals surface area contributed by atoms with Crippen LogP contribution >= 0.6 is 11.3 Å². The first-order chi connectivity index (χ1) is 15.7. The van der Waals surface area contributed by atoms with Gasteiger partial charge in [-0.2, -0.15) is 0 Å². The van der Waals surface area contributed by atoms with Gasteiger partial charge in [0.05, 0.1) is 16.5 Å². The van der Waals surface area contributed by atoms with Crippen LogP contribution in [-0.4, -0.2) is 27.0 Å². The standard InChI is InChI=1S/C26H24N4OS/c1-2-19-9-6-13-23-24(19)28-26(32-23)30(16-7-15-29-17-14-27-18-29)25(31)22-12-5-10-20-8-3-4-11-21(20)22/h3-6,8-14,17-18H,2,7,15-16H2,1H3. The maximum absolute atomic E-state index is 13.9. The van der Waals surface area contributed by atoms with E-state index in [0.29, 0.717) is 12.1 Å². The lowest BCUT2D eigenvalue weighted by Gasteiger charge is -2.21. The van der Waals surface area contributed by atoms with Gasteiger partial charge in [-0.15, -0.1) is 0 Å². The number of amides is 1. The van der Waals surface area contributed by atoms with Crippen molar-refractivity contribution in [3.63, 3.8) is 0 Å². The zero-order valence-corrected chi connectivity index (χ0v) is 18.8. The van der Waals surface area contributed by atoms with Crippen LogP contribution in [0.15, 0.2) is 79.4 Å². The maximum atomic E-state index is 13.9. The average molecular weight is 441 g/mol. The number of thiazole rings is 1. The Morgan fingerprint density at radius 2 is 1.91 bits per heavy atom. The van der Waals surface area contributed by atoms with E-state index in [1.54, 1.807) is 17.5 Å². The van der Waals surface area contributed by atoms with Crippen molar-refractivity contribution in [2.24, 2.45) is 0 Å². The topological polar surface area (TPSA) is 51.0 Å². The Balaban J connectivity index is 1.54. The molecular weight excluding hydrogens is 416 g/mol. The number of para-hydroxylation sites is 1. The number of benzene rings is 3. The van der Waals surface area contributed by atoms with Crippen molar-refractivity contribution in [1.82, 2.24) is 14.5 Å². The molecule has 0 fully saturated rings. The summed E-state index contributed by atoms with van der Waals surface area (Å²) in [5.74, 6) is -0.00969. The molecule has 1 amide bonds. The highest BCUT2D eigenvalue weighted by atomic mass is 32.1. The molecule has 0 aliphatic heterocycles. The van der Waals surface area contributed by atoms with E-state index in [1.807, 2.05) is 64.5 Å². The van der Waals surface area contributed by atoms with Gasteiger partial charge in [-0.05, 0) is 41.3 Å². The van der Waals surface area contributed by atoms with Crippen molar-refractivity contribution >= 4 is 43.4 Å². The van der Waals surface area contributed by atoms with Crippen molar-refractivity contribution in [2.45, 2.75) is 26.3 Å². The number of hydrogen-bond donors (Lipinski definition) is 0. The number of imidazole rings is 1. The number of aromatic nitrogens is 3. The molecule has 2 aromatic heterocycles. The third-order valence-corrected chi connectivity index (χ3v) is 6.77. The van der Waals surface area contributed by atoms with Gasteiger partial charge in [0, 0.05) is 31.0 Å². The highest BCUT2D eigenvalue weighted by molar-refractivity contribution is 7.22. The summed E-state index contributed by atoms with van der Waals surface area (Å²) < 4.78 is 3.15. The summed E-state index contributed by atoms with van der Waals surface area (Å²) in [5.41, 5.74) is 2.92. The summed E-state index contributed by atoms with van der Waals surface area (Å²) in [6.45, 7) is 3.52. The molecule has 0 atom stereocenters. The van der Waals surface area contributed by atoms with Crippen molar-refractivity contribution in [3.8, 4) is 0 Å². The zero-order chi connectivity index (χ0) is 21.9. The number of carbonyl (C=O) groups is 1. The molecule has 0 saturated carbocycles. The molecule has 0 N–H and O–H groups in total. The first-order valence-electron chi connectivity index (χ1n) is 10.9. The average Bonchev–Trinajstić information content (AvgIpc) is 3.50. The molecule has 5 nitrogen and oxygen atoms in total. The van der Waals surface area contributed by atoms with Gasteiger partial charge in [0.15, 0.2) is 5.13 Å². The second-order valence-corrected chi connectivity index (χ2v) is 8.76. The number of fused-ring (bicyclic) bond motifs is 2. The van der Waals surface area contributed by atoms with Crippen LogP contribution in [0, 0.1) is 0 Å². The van der Waals surface area contributed by atoms with Gasteiger partial charge in [0.25, 0.3) is 5.91 Å². The largest absolute Gasteiger partial charge is 0.337 e. The Kier molecular flexibility index (Phi) is 5.69. The lowest BCUT2D eigenvalue weighted by molar-refractivity contribution is 0.0988. The summed E-state index contributed by atoms with van der Waals surface area (Å²) in [6.07, 6.45) is 7.25. The molecule has 160 valence electrons. The van der Waals surface area contributed by atoms with E-state index in [1.165, 1.54) is 5.56 Å². The molecule has 5 rings (SSSR count). The third kappa shape index (κ3) is 3.89. The van der Waals surface area contributed by atoms with Gasteiger partial charge in [-0.1, -0.05) is 66.8 Å². The minimum absolute atomic E-state index is 0.00969. The molecule has 0 aliphatic rings. The third-order valence-electron chi connectivity index (χ3n) is 5.73. The lowest BCUT2D eigenvalue weighted by Crippen LogP contribution is -2.32. The van der Waals surface area contributed by atoms with E-state index in [9.17, 15) is 4.79 Å². The van der Waals surface area contributed by atoms with Gasteiger partial charge < -0.3 is 4.57 Å². The molecule has 0 radical (unpaired) electrons. The normalized spacial score (nSPS) is 11.3. The number of aryl methyl sites for hydroxylation is 2. The predicted molar refractivity (Wildman–Crippen MR) is 131 cm³/mol. The first-order valence-corrected chi connectivity index (χ1v) is 11.7. The predicted octanol–water partition coefficient (Wildman–Crippen LogP) is 5.95. The highest BCUT2D eigenvalue weighted by Gasteiger charge is 2.23. The number of hydrogen-bond acceptors (Lipinski definition) is 4. The Bertz CT molecular complexity index is 1370. The second-order valence-electron chi connectivity index (χ2n) is 7.75. The van der Waals surface area contributed by atoms with Crippen molar-refractivity contribution in [2.75, 3.05) is 11.4 Å². The van der Waals surface area contributed by atoms with Gasteiger partial charge in [-0.3, -0.25) is 9.69 Å². The minimum Gasteiger partial charge on any atom is -0.337 e. The maximum Gasteiger partial charge on any atom is 0.260 e. The highest BCUT2D eigenvalue weighted by Crippen LogP contribution is 2.33. The molecule has 0 aliphatic carbocycles. The molecule has 0 spiro atoms. The van der Waals surface area contributed by atoms with Crippen LogP contribution in [0.4, 0.5) is 5.13 Å². The molecular formula is C26H24N4OS. The number of anilines is 1. The first kappa shape index (κ1) is 20.4. The summed E-state index contributed by atoms with van der Waals surface area (Å²) in [5, 5.41) is 2.79. The summed E-state index contributed by atoms with van der Waals surface area (Å²) in [7, 11) is 0.